The van der Waals surface area contributed by atoms with Crippen LogP contribution in [-0.2, 0) is 9.53 Å². The number of carbonyl (C=O) groups excluding carboxylic acids is 1. The summed E-state index contributed by atoms with van der Waals surface area (Å²) in [7, 11) is 0. The van der Waals surface area contributed by atoms with E-state index >= 15 is 0 Å². The topological polar surface area (TPSA) is 49.4 Å². The third kappa shape index (κ3) is 4.24. The summed E-state index contributed by atoms with van der Waals surface area (Å²) in [4.78, 5) is 9.84. The molecule has 0 aromatic rings. The van der Waals surface area contributed by atoms with E-state index in [0.29, 0.717) is 6.61 Å². The fraction of sp³-hybridized carbons (Fsp3) is 0.800. The van der Waals surface area contributed by atoms with Crippen molar-refractivity contribution in [3.05, 3.63) is 0 Å². The second-order valence-electron chi connectivity index (χ2n) is 1.51. The van der Waals surface area contributed by atoms with Gasteiger partial charge < -0.3 is 14.6 Å². The monoisotopic (exact) mass is 151 g/mol. The summed E-state index contributed by atoms with van der Waals surface area (Å²) >= 11 is 5.11. The molecule has 0 aliphatic rings. The standard InChI is InChI=1S/C5H9ClO3/c1-2-3-9-4(6)5(7)8/h4H,2-3H2,1H3,(H,7,8)/p-1. The highest BCUT2D eigenvalue weighted by Gasteiger charge is 2.02. The van der Waals surface area contributed by atoms with Gasteiger partial charge in [-0.15, -0.1) is 0 Å². The molecule has 0 saturated heterocycles. The normalized spacial score (nSPS) is 13.1. The Balaban J connectivity index is 3.27. The van der Waals surface area contributed by atoms with Crippen molar-refractivity contribution in [3.8, 4) is 0 Å². The second-order valence-corrected chi connectivity index (χ2v) is 1.90. The largest absolute Gasteiger partial charge is 0.546 e. The van der Waals surface area contributed by atoms with Crippen LogP contribution in [0.4, 0.5) is 0 Å². The lowest BCUT2D eigenvalue weighted by Gasteiger charge is -2.09. The average Bonchev–Trinajstić information content (AvgIpc) is 1.82. The van der Waals surface area contributed by atoms with E-state index in [2.05, 4.69) is 4.74 Å². The lowest BCUT2D eigenvalue weighted by Crippen LogP contribution is -2.33. The number of alkyl halides is 1. The van der Waals surface area contributed by atoms with Crippen molar-refractivity contribution in [3.63, 3.8) is 0 Å². The molecular formula is C5H8ClO3-. The maximum absolute atomic E-state index is 9.84. The van der Waals surface area contributed by atoms with Gasteiger partial charge in [-0.25, -0.2) is 0 Å². The van der Waals surface area contributed by atoms with Gasteiger partial charge in [0.1, 0.15) is 0 Å². The maximum atomic E-state index is 9.84. The van der Waals surface area contributed by atoms with E-state index < -0.39 is 11.5 Å². The average molecular weight is 152 g/mol. The predicted octanol–water partition coefficient (Wildman–Crippen LogP) is -0.272. The third-order valence-electron chi connectivity index (χ3n) is 0.654. The Morgan fingerprint density at radius 1 is 1.89 bits per heavy atom. The smallest absolute Gasteiger partial charge is 0.170 e. The van der Waals surface area contributed by atoms with E-state index in [1.165, 1.54) is 0 Å². The fourth-order valence-corrected chi connectivity index (χ4v) is 0.378. The number of carbonyl (C=O) groups is 1. The van der Waals surface area contributed by atoms with Crippen LogP contribution in [0.1, 0.15) is 13.3 Å². The number of halogens is 1. The first-order valence-electron chi connectivity index (χ1n) is 2.65. The van der Waals surface area contributed by atoms with E-state index in [1.807, 2.05) is 6.92 Å². The number of aliphatic carboxylic acids is 1. The zero-order valence-corrected chi connectivity index (χ0v) is 5.85. The van der Waals surface area contributed by atoms with E-state index in [9.17, 15) is 9.90 Å². The van der Waals surface area contributed by atoms with Crippen LogP contribution in [0.5, 0.6) is 0 Å². The van der Waals surface area contributed by atoms with Crippen molar-refractivity contribution in [2.45, 2.75) is 18.9 Å². The Morgan fingerprint density at radius 3 is 2.78 bits per heavy atom. The van der Waals surface area contributed by atoms with E-state index in [1.54, 1.807) is 0 Å². The number of rotatable bonds is 4. The second kappa shape index (κ2) is 4.58. The molecule has 54 valence electrons. The van der Waals surface area contributed by atoms with Gasteiger partial charge in [0.15, 0.2) is 5.56 Å². The highest BCUT2D eigenvalue weighted by Crippen LogP contribution is 1.96. The molecule has 0 aromatic carbocycles. The molecule has 9 heavy (non-hydrogen) atoms. The lowest BCUT2D eigenvalue weighted by molar-refractivity contribution is -0.312. The molecule has 0 spiro atoms. The summed E-state index contributed by atoms with van der Waals surface area (Å²) in [5.41, 5.74) is -1.30. The number of ether oxygens (including phenoxy) is 1. The first kappa shape index (κ1) is 8.72. The van der Waals surface area contributed by atoms with E-state index in [4.69, 9.17) is 11.6 Å². The molecular weight excluding hydrogens is 144 g/mol. The van der Waals surface area contributed by atoms with Gasteiger partial charge in [0.05, 0.1) is 5.97 Å². The molecule has 0 fully saturated rings. The van der Waals surface area contributed by atoms with Crippen LogP contribution in [0.15, 0.2) is 0 Å². The molecule has 0 bridgehead atoms. The Kier molecular flexibility index (Phi) is 4.44. The minimum Gasteiger partial charge on any atom is -0.546 e. The van der Waals surface area contributed by atoms with Gasteiger partial charge in [-0.1, -0.05) is 18.5 Å². The first-order valence-corrected chi connectivity index (χ1v) is 3.08. The van der Waals surface area contributed by atoms with Crippen molar-refractivity contribution in [2.75, 3.05) is 6.61 Å². The Hall–Kier alpha value is -0.280. The van der Waals surface area contributed by atoms with Crippen LogP contribution in [-0.4, -0.2) is 18.1 Å². The molecule has 0 radical (unpaired) electrons. The number of carboxylic acids is 1. The Bertz CT molecular complexity index is 94.2. The van der Waals surface area contributed by atoms with Gasteiger partial charge in [0, 0.05) is 6.61 Å². The molecule has 0 saturated carbocycles. The van der Waals surface area contributed by atoms with Gasteiger partial charge in [-0.2, -0.15) is 0 Å². The highest BCUT2D eigenvalue weighted by atomic mass is 35.5. The molecule has 4 heteroatoms. The number of hydrogen-bond acceptors (Lipinski definition) is 3. The minimum atomic E-state index is -1.38. The molecule has 3 nitrogen and oxygen atoms in total. The number of hydrogen-bond donors (Lipinski definition) is 0. The predicted molar refractivity (Wildman–Crippen MR) is 30.9 cm³/mol. The van der Waals surface area contributed by atoms with Gasteiger partial charge in [-0.05, 0) is 6.42 Å². The summed E-state index contributed by atoms with van der Waals surface area (Å²) in [6.07, 6.45) is 0.747. The van der Waals surface area contributed by atoms with Crippen molar-refractivity contribution in [1.29, 1.82) is 0 Å². The molecule has 0 amide bonds. The minimum absolute atomic E-state index is 0.349. The van der Waals surface area contributed by atoms with Gasteiger partial charge in [0.25, 0.3) is 0 Å². The fourth-order valence-electron chi connectivity index (χ4n) is 0.289. The van der Waals surface area contributed by atoms with Crippen LogP contribution in [0.3, 0.4) is 0 Å². The Labute approximate surface area is 58.6 Å². The molecule has 1 unspecified atom stereocenters. The maximum Gasteiger partial charge on any atom is 0.170 e. The summed E-state index contributed by atoms with van der Waals surface area (Å²) < 4.78 is 4.56. The quantitative estimate of drug-likeness (QED) is 0.520. The zero-order valence-electron chi connectivity index (χ0n) is 5.09. The Morgan fingerprint density at radius 2 is 2.44 bits per heavy atom. The van der Waals surface area contributed by atoms with E-state index in [0.717, 1.165) is 6.42 Å². The first-order chi connectivity index (χ1) is 4.18. The van der Waals surface area contributed by atoms with Crippen molar-refractivity contribution in [1.82, 2.24) is 0 Å². The molecule has 0 heterocycles. The van der Waals surface area contributed by atoms with Crippen LogP contribution in [0.2, 0.25) is 0 Å². The van der Waals surface area contributed by atoms with Crippen molar-refractivity contribution < 1.29 is 14.6 Å². The zero-order chi connectivity index (χ0) is 7.28. The van der Waals surface area contributed by atoms with Gasteiger partial charge in [-0.3, -0.25) is 0 Å². The molecule has 0 N–H and O–H groups in total. The molecule has 1 atom stereocenters. The summed E-state index contributed by atoms with van der Waals surface area (Å²) in [6, 6.07) is 0. The molecule has 0 aromatic heterocycles. The third-order valence-corrected chi connectivity index (χ3v) is 0.958. The molecule has 0 rings (SSSR count). The summed E-state index contributed by atoms with van der Waals surface area (Å²) in [5, 5.41) is 9.84. The molecule has 0 aliphatic carbocycles. The highest BCUT2D eigenvalue weighted by molar-refractivity contribution is 6.28. The van der Waals surface area contributed by atoms with Crippen LogP contribution in [0, 0.1) is 0 Å². The van der Waals surface area contributed by atoms with Crippen molar-refractivity contribution >= 4 is 17.6 Å². The summed E-state index contributed by atoms with van der Waals surface area (Å²) in [5.74, 6) is -1.38. The lowest BCUT2D eigenvalue weighted by atomic mass is 10.5. The van der Waals surface area contributed by atoms with Crippen LogP contribution < -0.4 is 5.11 Å². The SMILES string of the molecule is CCCOC(Cl)C(=O)[O-]. The van der Waals surface area contributed by atoms with Crippen molar-refractivity contribution in [2.24, 2.45) is 0 Å². The molecule has 0 aliphatic heterocycles. The van der Waals surface area contributed by atoms with Crippen LogP contribution >= 0.6 is 11.6 Å². The van der Waals surface area contributed by atoms with Crippen LogP contribution in [0.25, 0.3) is 0 Å². The van der Waals surface area contributed by atoms with Gasteiger partial charge in [0.2, 0.25) is 0 Å². The summed E-state index contributed by atoms with van der Waals surface area (Å²) in [6.45, 7) is 2.21. The number of carboxylic acid groups (broad SMARTS) is 1. The van der Waals surface area contributed by atoms with Gasteiger partial charge >= 0.3 is 0 Å². The van der Waals surface area contributed by atoms with E-state index in [-0.39, 0.29) is 0 Å².